The van der Waals surface area contributed by atoms with Gasteiger partial charge in [-0.3, -0.25) is 4.79 Å². The summed E-state index contributed by atoms with van der Waals surface area (Å²) in [5, 5.41) is 2.93. The van der Waals surface area contributed by atoms with Gasteiger partial charge in [0, 0.05) is 24.8 Å². The molecule has 112 valence electrons. The van der Waals surface area contributed by atoms with Gasteiger partial charge < -0.3 is 14.8 Å². The first-order valence-corrected chi connectivity index (χ1v) is 7.25. The van der Waals surface area contributed by atoms with Crippen LogP contribution in [0.2, 0.25) is 0 Å². The van der Waals surface area contributed by atoms with E-state index in [1.165, 1.54) is 0 Å². The van der Waals surface area contributed by atoms with Gasteiger partial charge in [0.1, 0.15) is 5.75 Å². The van der Waals surface area contributed by atoms with E-state index >= 15 is 0 Å². The van der Waals surface area contributed by atoms with Crippen LogP contribution in [0.4, 0.5) is 0 Å². The quantitative estimate of drug-likeness (QED) is 0.706. The van der Waals surface area contributed by atoms with Crippen molar-refractivity contribution in [2.45, 2.75) is 39.7 Å². The topological polar surface area (TPSA) is 47.6 Å². The van der Waals surface area contributed by atoms with Crippen LogP contribution in [0.25, 0.3) is 0 Å². The number of unbranched alkanes of at least 4 members (excludes halogenated alkanes) is 2. The molecule has 1 N–H and O–H groups in total. The summed E-state index contributed by atoms with van der Waals surface area (Å²) < 4.78 is 10.7. The molecule has 0 saturated carbocycles. The first-order chi connectivity index (χ1) is 9.72. The molecule has 1 rings (SSSR count). The number of carbonyl (C=O) groups is 1. The standard InChI is InChI=1S/C16H25NO3/c1-4-6-7-10-17-16(18)13-8-9-15(20-5-2)14(11-13)12-19-3/h8-9,11H,4-7,10,12H2,1-3H3,(H,17,18). The molecule has 1 aromatic carbocycles. The molecule has 1 aromatic rings. The maximum atomic E-state index is 12.0. The van der Waals surface area contributed by atoms with Crippen molar-refractivity contribution < 1.29 is 14.3 Å². The van der Waals surface area contributed by atoms with Crippen molar-refractivity contribution >= 4 is 5.91 Å². The zero-order chi connectivity index (χ0) is 14.8. The third-order valence-corrected chi connectivity index (χ3v) is 2.99. The van der Waals surface area contributed by atoms with E-state index in [2.05, 4.69) is 12.2 Å². The summed E-state index contributed by atoms with van der Waals surface area (Å²) >= 11 is 0. The van der Waals surface area contributed by atoms with Crippen molar-refractivity contribution in [3.63, 3.8) is 0 Å². The Morgan fingerprint density at radius 1 is 1.25 bits per heavy atom. The number of methoxy groups -OCH3 is 1. The lowest BCUT2D eigenvalue weighted by Gasteiger charge is -2.12. The molecule has 0 radical (unpaired) electrons. The van der Waals surface area contributed by atoms with Gasteiger partial charge >= 0.3 is 0 Å². The number of rotatable bonds is 9. The summed E-state index contributed by atoms with van der Waals surface area (Å²) in [5.41, 5.74) is 1.55. The minimum absolute atomic E-state index is 0.0403. The van der Waals surface area contributed by atoms with Gasteiger partial charge in [-0.25, -0.2) is 0 Å². The second-order valence-corrected chi connectivity index (χ2v) is 4.65. The molecule has 0 atom stereocenters. The largest absolute Gasteiger partial charge is 0.494 e. The zero-order valence-electron chi connectivity index (χ0n) is 12.7. The Morgan fingerprint density at radius 3 is 2.70 bits per heavy atom. The number of hydrogen-bond donors (Lipinski definition) is 1. The van der Waals surface area contributed by atoms with Crippen LogP contribution in [0.3, 0.4) is 0 Å². The molecule has 0 saturated heterocycles. The van der Waals surface area contributed by atoms with E-state index in [0.29, 0.717) is 18.8 Å². The van der Waals surface area contributed by atoms with E-state index in [9.17, 15) is 4.79 Å². The normalized spacial score (nSPS) is 10.3. The third-order valence-electron chi connectivity index (χ3n) is 2.99. The predicted octanol–water partition coefficient (Wildman–Crippen LogP) is 3.15. The highest BCUT2D eigenvalue weighted by Gasteiger charge is 2.10. The van der Waals surface area contributed by atoms with Crippen LogP contribution in [0.5, 0.6) is 5.75 Å². The SMILES string of the molecule is CCCCCNC(=O)c1ccc(OCC)c(COC)c1. The van der Waals surface area contributed by atoms with E-state index in [0.717, 1.165) is 37.1 Å². The molecule has 0 fully saturated rings. The Morgan fingerprint density at radius 2 is 2.05 bits per heavy atom. The fourth-order valence-corrected chi connectivity index (χ4v) is 1.96. The monoisotopic (exact) mass is 279 g/mol. The molecule has 20 heavy (non-hydrogen) atoms. The van der Waals surface area contributed by atoms with E-state index in [1.54, 1.807) is 13.2 Å². The summed E-state index contributed by atoms with van der Waals surface area (Å²) in [7, 11) is 1.63. The molecular formula is C16H25NO3. The van der Waals surface area contributed by atoms with Gasteiger partial charge in [-0.15, -0.1) is 0 Å². The fraction of sp³-hybridized carbons (Fsp3) is 0.562. The second-order valence-electron chi connectivity index (χ2n) is 4.65. The minimum Gasteiger partial charge on any atom is -0.494 e. The number of benzene rings is 1. The maximum absolute atomic E-state index is 12.0. The Kier molecular flexibility index (Phi) is 7.73. The second kappa shape index (κ2) is 9.37. The lowest BCUT2D eigenvalue weighted by atomic mass is 10.1. The van der Waals surface area contributed by atoms with Gasteiger partial charge in [0.05, 0.1) is 13.2 Å². The number of ether oxygens (including phenoxy) is 2. The van der Waals surface area contributed by atoms with Crippen molar-refractivity contribution in [2.75, 3.05) is 20.3 Å². The predicted molar refractivity (Wildman–Crippen MR) is 80.2 cm³/mol. The van der Waals surface area contributed by atoms with Crippen LogP contribution < -0.4 is 10.1 Å². The average molecular weight is 279 g/mol. The number of hydrogen-bond acceptors (Lipinski definition) is 3. The Balaban J connectivity index is 2.69. The van der Waals surface area contributed by atoms with Crippen LogP contribution in [-0.2, 0) is 11.3 Å². The summed E-state index contributed by atoms with van der Waals surface area (Å²) in [4.78, 5) is 12.0. The van der Waals surface area contributed by atoms with Crippen LogP contribution in [-0.4, -0.2) is 26.2 Å². The molecule has 4 heteroatoms. The summed E-state index contributed by atoms with van der Waals surface area (Å²) in [6.07, 6.45) is 3.31. The van der Waals surface area contributed by atoms with E-state index < -0.39 is 0 Å². The Labute approximate surface area is 121 Å². The van der Waals surface area contributed by atoms with Crippen molar-refractivity contribution in [2.24, 2.45) is 0 Å². The highest BCUT2D eigenvalue weighted by atomic mass is 16.5. The molecule has 1 amide bonds. The molecule has 0 spiro atoms. The molecule has 0 unspecified atom stereocenters. The van der Waals surface area contributed by atoms with Gasteiger partial charge in [0.15, 0.2) is 0 Å². The molecular weight excluding hydrogens is 254 g/mol. The summed E-state index contributed by atoms with van der Waals surface area (Å²) in [6, 6.07) is 5.46. The van der Waals surface area contributed by atoms with Crippen molar-refractivity contribution in [1.29, 1.82) is 0 Å². The molecule has 0 heterocycles. The molecule has 0 aliphatic heterocycles. The first-order valence-electron chi connectivity index (χ1n) is 7.25. The Hall–Kier alpha value is -1.55. The number of amides is 1. The van der Waals surface area contributed by atoms with Gasteiger partial charge in [-0.05, 0) is 31.5 Å². The molecule has 0 aliphatic carbocycles. The van der Waals surface area contributed by atoms with Crippen molar-refractivity contribution in [3.05, 3.63) is 29.3 Å². The van der Waals surface area contributed by atoms with Gasteiger partial charge in [-0.2, -0.15) is 0 Å². The van der Waals surface area contributed by atoms with Crippen LogP contribution in [0.1, 0.15) is 49.0 Å². The lowest BCUT2D eigenvalue weighted by Crippen LogP contribution is -2.24. The maximum Gasteiger partial charge on any atom is 0.251 e. The third kappa shape index (κ3) is 5.21. The molecule has 0 bridgehead atoms. The molecule has 4 nitrogen and oxygen atoms in total. The van der Waals surface area contributed by atoms with Crippen molar-refractivity contribution in [3.8, 4) is 5.75 Å². The van der Waals surface area contributed by atoms with Crippen molar-refractivity contribution in [1.82, 2.24) is 5.32 Å². The minimum atomic E-state index is -0.0403. The van der Waals surface area contributed by atoms with Gasteiger partial charge in [-0.1, -0.05) is 19.8 Å². The molecule has 0 aromatic heterocycles. The number of nitrogens with one attached hydrogen (secondary N) is 1. The molecule has 0 aliphatic rings. The first kappa shape index (κ1) is 16.5. The zero-order valence-corrected chi connectivity index (χ0v) is 12.7. The smallest absolute Gasteiger partial charge is 0.251 e. The van der Waals surface area contributed by atoms with E-state index in [-0.39, 0.29) is 5.91 Å². The lowest BCUT2D eigenvalue weighted by molar-refractivity contribution is 0.0952. The fourth-order valence-electron chi connectivity index (χ4n) is 1.96. The highest BCUT2D eigenvalue weighted by molar-refractivity contribution is 5.94. The Bertz CT molecular complexity index is 418. The summed E-state index contributed by atoms with van der Waals surface area (Å²) in [6.45, 7) is 5.83. The van der Waals surface area contributed by atoms with E-state index in [4.69, 9.17) is 9.47 Å². The highest BCUT2D eigenvalue weighted by Crippen LogP contribution is 2.21. The van der Waals surface area contributed by atoms with Crippen LogP contribution in [0.15, 0.2) is 18.2 Å². The summed E-state index contributed by atoms with van der Waals surface area (Å²) in [5.74, 6) is 0.735. The van der Waals surface area contributed by atoms with Crippen LogP contribution >= 0.6 is 0 Å². The average Bonchev–Trinajstić information content (AvgIpc) is 2.45. The van der Waals surface area contributed by atoms with E-state index in [1.807, 2.05) is 19.1 Å². The number of carbonyl (C=O) groups excluding carboxylic acids is 1. The van der Waals surface area contributed by atoms with Gasteiger partial charge in [0.2, 0.25) is 0 Å². The van der Waals surface area contributed by atoms with Crippen LogP contribution in [0, 0.1) is 0 Å². The van der Waals surface area contributed by atoms with Gasteiger partial charge in [0.25, 0.3) is 5.91 Å².